The van der Waals surface area contributed by atoms with Gasteiger partial charge in [-0.1, -0.05) is 17.7 Å². The molecule has 16 heavy (non-hydrogen) atoms. The molecule has 0 aliphatic carbocycles. The van der Waals surface area contributed by atoms with Crippen LogP contribution in [0.25, 0.3) is 0 Å². The SMILES string of the molecule is [2H]C1(OS(=O)(=O)c2ccc(C)cc2)COCO1. The first-order valence-corrected chi connectivity index (χ1v) is 6.06. The zero-order valence-corrected chi connectivity index (χ0v) is 9.49. The normalized spacial score (nSPS) is 26.7. The van der Waals surface area contributed by atoms with E-state index in [1.165, 1.54) is 12.1 Å². The fraction of sp³-hybridized carbons (Fsp3) is 0.400. The molecule has 1 aromatic rings. The summed E-state index contributed by atoms with van der Waals surface area (Å²) in [4.78, 5) is -0.00905. The number of ether oxygens (including phenoxy) is 2. The molecule has 0 radical (unpaired) electrons. The van der Waals surface area contributed by atoms with Gasteiger partial charge in [-0.15, -0.1) is 0 Å². The molecule has 0 amide bonds. The van der Waals surface area contributed by atoms with Crippen molar-refractivity contribution in [3.63, 3.8) is 0 Å². The molecule has 0 aromatic heterocycles. The van der Waals surface area contributed by atoms with Gasteiger partial charge in [-0.25, -0.2) is 4.18 Å². The summed E-state index contributed by atoms with van der Waals surface area (Å²) < 4.78 is 45.5. The number of benzene rings is 1. The van der Waals surface area contributed by atoms with Crippen molar-refractivity contribution in [3.8, 4) is 0 Å². The van der Waals surface area contributed by atoms with Crippen molar-refractivity contribution in [1.29, 1.82) is 0 Å². The van der Waals surface area contributed by atoms with Gasteiger partial charge in [0, 0.05) is 0 Å². The number of hydrogen-bond donors (Lipinski definition) is 0. The zero-order chi connectivity index (χ0) is 12.5. The van der Waals surface area contributed by atoms with Crippen LogP contribution in [-0.4, -0.2) is 28.1 Å². The zero-order valence-electron chi connectivity index (χ0n) is 9.67. The molecule has 0 N–H and O–H groups in total. The molecule has 88 valence electrons. The fourth-order valence-electron chi connectivity index (χ4n) is 1.20. The average Bonchev–Trinajstić information content (AvgIpc) is 2.64. The van der Waals surface area contributed by atoms with Crippen LogP contribution in [0.2, 0.25) is 0 Å². The second-order valence-corrected chi connectivity index (χ2v) is 4.88. The molecule has 2 rings (SSSR count). The Hall–Kier alpha value is -0.950. The average molecular weight is 245 g/mol. The first kappa shape index (κ1) is 10.2. The first-order chi connectivity index (χ1) is 7.91. The number of hydrogen-bond acceptors (Lipinski definition) is 5. The second kappa shape index (κ2) is 4.50. The summed E-state index contributed by atoms with van der Waals surface area (Å²) in [5, 5.41) is 0. The van der Waals surface area contributed by atoms with Crippen molar-refractivity contribution in [2.45, 2.75) is 18.1 Å². The predicted molar refractivity (Wildman–Crippen MR) is 55.1 cm³/mol. The van der Waals surface area contributed by atoms with Gasteiger partial charge in [0.05, 0.1) is 6.27 Å². The molecule has 0 spiro atoms. The molecule has 5 nitrogen and oxygen atoms in total. The largest absolute Gasteiger partial charge is 0.350 e. The van der Waals surface area contributed by atoms with Gasteiger partial charge < -0.3 is 9.47 Å². The highest BCUT2D eigenvalue weighted by molar-refractivity contribution is 7.86. The Bertz CT molecular complexity index is 490. The lowest BCUT2D eigenvalue weighted by molar-refractivity contribution is -0.0372. The van der Waals surface area contributed by atoms with E-state index in [4.69, 9.17) is 15.0 Å². The van der Waals surface area contributed by atoms with Gasteiger partial charge in [0.1, 0.15) is 13.4 Å². The van der Waals surface area contributed by atoms with Gasteiger partial charge in [-0.3, -0.25) is 0 Å². The molecule has 1 aliphatic heterocycles. The van der Waals surface area contributed by atoms with E-state index in [9.17, 15) is 8.42 Å². The molecule has 1 atom stereocenters. The van der Waals surface area contributed by atoms with Crippen LogP contribution in [0.4, 0.5) is 0 Å². The topological polar surface area (TPSA) is 61.8 Å². The Kier molecular flexibility index (Phi) is 2.88. The Balaban J connectivity index is 2.22. The van der Waals surface area contributed by atoms with Crippen LogP contribution in [0.5, 0.6) is 0 Å². The Labute approximate surface area is 95.5 Å². The van der Waals surface area contributed by atoms with E-state index in [1.807, 2.05) is 6.92 Å². The molecule has 0 saturated carbocycles. The van der Waals surface area contributed by atoms with E-state index >= 15 is 0 Å². The smallest absolute Gasteiger partial charge is 0.299 e. The van der Waals surface area contributed by atoms with E-state index in [0.717, 1.165) is 5.56 Å². The maximum atomic E-state index is 11.8. The maximum Gasteiger partial charge on any atom is 0.299 e. The summed E-state index contributed by atoms with van der Waals surface area (Å²) >= 11 is 0. The molecule has 1 unspecified atom stereocenters. The van der Waals surface area contributed by atoms with Crippen LogP contribution in [0.3, 0.4) is 0 Å². The third kappa shape index (κ3) is 2.59. The van der Waals surface area contributed by atoms with Crippen LogP contribution in [0.1, 0.15) is 6.93 Å². The van der Waals surface area contributed by atoms with Crippen molar-refractivity contribution in [1.82, 2.24) is 0 Å². The minimum Gasteiger partial charge on any atom is -0.350 e. The minimum atomic E-state index is -4.01. The summed E-state index contributed by atoms with van der Waals surface area (Å²) in [5.74, 6) is 0. The lowest BCUT2D eigenvalue weighted by Gasteiger charge is -2.09. The van der Waals surface area contributed by atoms with E-state index in [0.29, 0.717) is 0 Å². The summed E-state index contributed by atoms with van der Waals surface area (Å²) in [5.41, 5.74) is 0.935. The van der Waals surface area contributed by atoms with Crippen LogP contribution < -0.4 is 0 Å². The van der Waals surface area contributed by atoms with Crippen molar-refractivity contribution in [2.24, 2.45) is 0 Å². The lowest BCUT2D eigenvalue weighted by atomic mass is 10.2. The van der Waals surface area contributed by atoms with Crippen molar-refractivity contribution in [3.05, 3.63) is 29.8 Å². The minimum absolute atomic E-state index is 0.00905. The van der Waals surface area contributed by atoms with Gasteiger partial charge in [-0.2, -0.15) is 8.42 Å². The highest BCUT2D eigenvalue weighted by Gasteiger charge is 2.25. The Morgan fingerprint density at radius 3 is 2.69 bits per heavy atom. The highest BCUT2D eigenvalue weighted by Crippen LogP contribution is 2.17. The van der Waals surface area contributed by atoms with Gasteiger partial charge >= 0.3 is 0 Å². The van der Waals surface area contributed by atoms with Gasteiger partial charge in [0.25, 0.3) is 10.1 Å². The molecule has 1 fully saturated rings. The van der Waals surface area contributed by atoms with Crippen molar-refractivity contribution >= 4 is 10.1 Å². The van der Waals surface area contributed by atoms with E-state index in [-0.39, 0.29) is 18.3 Å². The molecule has 6 heteroatoms. The second-order valence-electron chi connectivity index (χ2n) is 3.33. The summed E-state index contributed by atoms with van der Waals surface area (Å²) in [7, 11) is -4.01. The maximum absolute atomic E-state index is 11.8. The summed E-state index contributed by atoms with van der Waals surface area (Å²) in [6, 6.07) is 6.14. The monoisotopic (exact) mass is 245 g/mol. The molecule has 1 aliphatic rings. The first-order valence-electron chi connectivity index (χ1n) is 5.15. The predicted octanol–water partition coefficient (Wildman–Crippen LogP) is 1.03. The molecular formula is C10H12O5S. The lowest BCUT2D eigenvalue weighted by Crippen LogP contribution is -2.20. The third-order valence-corrected chi connectivity index (χ3v) is 3.29. The Morgan fingerprint density at radius 2 is 2.12 bits per heavy atom. The number of rotatable bonds is 3. The van der Waals surface area contributed by atoms with Crippen LogP contribution in [0.15, 0.2) is 29.2 Å². The molecule has 0 bridgehead atoms. The summed E-state index contributed by atoms with van der Waals surface area (Å²) in [6.45, 7) is 1.46. The van der Waals surface area contributed by atoms with Crippen molar-refractivity contribution < 1.29 is 23.4 Å². The summed E-state index contributed by atoms with van der Waals surface area (Å²) in [6.07, 6.45) is -1.98. The molecule has 1 heterocycles. The quantitative estimate of drug-likeness (QED) is 0.744. The van der Waals surface area contributed by atoms with Gasteiger partial charge in [0.15, 0.2) is 0 Å². The Morgan fingerprint density at radius 1 is 1.44 bits per heavy atom. The van der Waals surface area contributed by atoms with Crippen LogP contribution in [0, 0.1) is 6.92 Å². The fourth-order valence-corrected chi connectivity index (χ4v) is 2.10. The van der Waals surface area contributed by atoms with E-state index in [1.54, 1.807) is 12.1 Å². The van der Waals surface area contributed by atoms with Gasteiger partial charge in [-0.05, 0) is 19.1 Å². The van der Waals surface area contributed by atoms with Crippen molar-refractivity contribution in [2.75, 3.05) is 13.4 Å². The van der Waals surface area contributed by atoms with Crippen LogP contribution >= 0.6 is 0 Å². The van der Waals surface area contributed by atoms with E-state index in [2.05, 4.69) is 0 Å². The van der Waals surface area contributed by atoms with E-state index < -0.39 is 16.4 Å². The highest BCUT2D eigenvalue weighted by atomic mass is 32.2. The third-order valence-electron chi connectivity index (χ3n) is 2.04. The molecule has 1 aromatic carbocycles. The number of aryl methyl sites for hydroxylation is 1. The van der Waals surface area contributed by atoms with Gasteiger partial charge in [0.2, 0.25) is 6.27 Å². The van der Waals surface area contributed by atoms with Crippen LogP contribution in [-0.2, 0) is 23.8 Å². The molecular weight excluding hydrogens is 232 g/mol. The molecule has 1 saturated heterocycles. The standard InChI is InChI=1S/C10H12O5S/c1-8-2-4-9(5-3-8)16(11,12)15-10-6-13-7-14-10/h2-5,10H,6-7H2,1H3/i10D.